The second-order valence-corrected chi connectivity index (χ2v) is 5.82. The predicted octanol–water partition coefficient (Wildman–Crippen LogP) is 4.05. The van der Waals surface area contributed by atoms with Gasteiger partial charge in [-0.25, -0.2) is 0 Å². The molecule has 2 nitrogen and oxygen atoms in total. The lowest BCUT2D eigenvalue weighted by Crippen LogP contribution is -2.28. The smallest absolute Gasteiger partial charge is 0.0468 e. The highest BCUT2D eigenvalue weighted by Crippen LogP contribution is 2.35. The van der Waals surface area contributed by atoms with Crippen LogP contribution in [0.5, 0.6) is 0 Å². The van der Waals surface area contributed by atoms with Crippen LogP contribution in [0.25, 0.3) is 10.9 Å². The summed E-state index contributed by atoms with van der Waals surface area (Å²) in [6.07, 6.45) is 2.49. The molecule has 1 aliphatic rings. The summed E-state index contributed by atoms with van der Waals surface area (Å²) in [5, 5.41) is 5.41. The molecule has 1 aromatic heterocycles. The average molecular weight is 314 g/mol. The molecule has 1 aromatic carbocycles. The molecule has 1 atom stereocenters. The molecular formula is C13H14BrClN2. The van der Waals surface area contributed by atoms with Crippen molar-refractivity contribution in [2.75, 3.05) is 13.1 Å². The van der Waals surface area contributed by atoms with E-state index < -0.39 is 0 Å². The number of halogens is 2. The van der Waals surface area contributed by atoms with Gasteiger partial charge < -0.3 is 10.3 Å². The van der Waals surface area contributed by atoms with Gasteiger partial charge in [0, 0.05) is 38.6 Å². The highest BCUT2D eigenvalue weighted by atomic mass is 79.9. The molecule has 1 fully saturated rings. The van der Waals surface area contributed by atoms with Gasteiger partial charge in [-0.3, -0.25) is 0 Å². The molecule has 1 aliphatic heterocycles. The van der Waals surface area contributed by atoms with Crippen molar-refractivity contribution in [3.8, 4) is 0 Å². The van der Waals surface area contributed by atoms with E-state index in [0.717, 1.165) is 23.6 Å². The van der Waals surface area contributed by atoms with E-state index in [0.29, 0.717) is 5.92 Å². The molecular weight excluding hydrogens is 300 g/mol. The minimum absolute atomic E-state index is 0.573. The number of aromatic nitrogens is 1. The van der Waals surface area contributed by atoms with Crippen molar-refractivity contribution in [1.29, 1.82) is 0 Å². The Labute approximate surface area is 114 Å². The topological polar surface area (TPSA) is 27.8 Å². The maximum atomic E-state index is 6.04. The van der Waals surface area contributed by atoms with Crippen LogP contribution < -0.4 is 5.32 Å². The normalized spacial score (nSPS) is 20.9. The molecule has 2 heterocycles. The largest absolute Gasteiger partial charge is 0.357 e. The van der Waals surface area contributed by atoms with Crippen LogP contribution in [0, 0.1) is 0 Å². The molecule has 1 saturated heterocycles. The van der Waals surface area contributed by atoms with Crippen LogP contribution in [-0.2, 0) is 0 Å². The number of hydrogen-bond acceptors (Lipinski definition) is 1. The first kappa shape index (κ1) is 11.6. The molecule has 0 radical (unpaired) electrons. The molecule has 0 amide bonds. The lowest BCUT2D eigenvalue weighted by molar-refractivity contribution is 0.455. The third-order valence-corrected chi connectivity index (χ3v) is 4.52. The number of piperidine rings is 1. The summed E-state index contributed by atoms with van der Waals surface area (Å²) in [6, 6.07) is 5.98. The molecule has 90 valence electrons. The zero-order valence-corrected chi connectivity index (χ0v) is 11.7. The molecule has 0 spiro atoms. The van der Waals surface area contributed by atoms with Gasteiger partial charge in [-0.2, -0.15) is 0 Å². The van der Waals surface area contributed by atoms with Crippen LogP contribution in [0.3, 0.4) is 0 Å². The van der Waals surface area contributed by atoms with Gasteiger partial charge in [-0.1, -0.05) is 11.6 Å². The minimum Gasteiger partial charge on any atom is -0.357 e. The molecule has 0 aliphatic carbocycles. The summed E-state index contributed by atoms with van der Waals surface area (Å²) in [4.78, 5) is 3.52. The van der Waals surface area contributed by atoms with E-state index >= 15 is 0 Å². The lowest BCUT2D eigenvalue weighted by atomic mass is 9.96. The molecule has 4 heteroatoms. The zero-order valence-electron chi connectivity index (χ0n) is 9.39. The number of aromatic amines is 1. The maximum absolute atomic E-state index is 6.04. The summed E-state index contributed by atoms with van der Waals surface area (Å²) >= 11 is 9.74. The Bertz CT molecular complexity index is 544. The molecule has 2 aromatic rings. The highest BCUT2D eigenvalue weighted by molar-refractivity contribution is 9.10. The quantitative estimate of drug-likeness (QED) is 0.816. The first-order chi connectivity index (χ1) is 8.25. The van der Waals surface area contributed by atoms with E-state index in [1.807, 2.05) is 18.2 Å². The number of fused-ring (bicyclic) bond motifs is 1. The van der Waals surface area contributed by atoms with Gasteiger partial charge in [0.1, 0.15) is 0 Å². The molecule has 1 unspecified atom stereocenters. The van der Waals surface area contributed by atoms with Gasteiger partial charge in [0.25, 0.3) is 0 Å². The minimum atomic E-state index is 0.573. The SMILES string of the molecule is Clc1ccc2[nH]c(C3CCCNC3)c(Br)c2c1. The van der Waals surface area contributed by atoms with Crippen molar-refractivity contribution in [3.05, 3.63) is 33.4 Å². The Morgan fingerprint density at radius 2 is 2.24 bits per heavy atom. The first-order valence-corrected chi connectivity index (χ1v) is 7.10. The number of H-pyrrole nitrogens is 1. The van der Waals surface area contributed by atoms with Crippen molar-refractivity contribution in [2.24, 2.45) is 0 Å². The summed E-state index contributed by atoms with van der Waals surface area (Å²) in [5.41, 5.74) is 2.45. The van der Waals surface area contributed by atoms with Gasteiger partial charge in [0.2, 0.25) is 0 Å². The van der Waals surface area contributed by atoms with E-state index in [4.69, 9.17) is 11.6 Å². The molecule has 0 bridgehead atoms. The van der Waals surface area contributed by atoms with Crippen molar-refractivity contribution in [2.45, 2.75) is 18.8 Å². The predicted molar refractivity (Wildman–Crippen MR) is 75.9 cm³/mol. The third kappa shape index (κ3) is 2.12. The van der Waals surface area contributed by atoms with Crippen molar-refractivity contribution >= 4 is 38.4 Å². The second kappa shape index (κ2) is 4.63. The molecule has 17 heavy (non-hydrogen) atoms. The Hall–Kier alpha value is -0.510. The summed E-state index contributed by atoms with van der Waals surface area (Å²) in [7, 11) is 0. The van der Waals surface area contributed by atoms with E-state index in [9.17, 15) is 0 Å². The van der Waals surface area contributed by atoms with Gasteiger partial charge in [0.15, 0.2) is 0 Å². The molecule has 3 rings (SSSR count). The third-order valence-electron chi connectivity index (χ3n) is 3.43. The van der Waals surface area contributed by atoms with Crippen molar-refractivity contribution < 1.29 is 0 Å². The van der Waals surface area contributed by atoms with Gasteiger partial charge in [-0.15, -0.1) is 0 Å². The van der Waals surface area contributed by atoms with Gasteiger partial charge in [-0.05, 0) is 53.5 Å². The van der Waals surface area contributed by atoms with E-state index in [-0.39, 0.29) is 0 Å². The van der Waals surface area contributed by atoms with E-state index in [1.54, 1.807) is 0 Å². The van der Waals surface area contributed by atoms with Crippen LogP contribution in [0.2, 0.25) is 5.02 Å². The van der Waals surface area contributed by atoms with Crippen LogP contribution in [0.1, 0.15) is 24.5 Å². The van der Waals surface area contributed by atoms with Crippen LogP contribution in [0.4, 0.5) is 0 Å². The summed E-state index contributed by atoms with van der Waals surface area (Å²) < 4.78 is 1.17. The number of nitrogens with one attached hydrogen (secondary N) is 2. The van der Waals surface area contributed by atoms with Crippen molar-refractivity contribution in [1.82, 2.24) is 10.3 Å². The maximum Gasteiger partial charge on any atom is 0.0468 e. The number of hydrogen-bond donors (Lipinski definition) is 2. The van der Waals surface area contributed by atoms with Crippen LogP contribution >= 0.6 is 27.5 Å². The molecule has 0 saturated carbocycles. The Kier molecular flexibility index (Phi) is 3.16. The number of rotatable bonds is 1. The Morgan fingerprint density at radius 3 is 3.00 bits per heavy atom. The first-order valence-electron chi connectivity index (χ1n) is 5.93. The Morgan fingerprint density at radius 1 is 1.35 bits per heavy atom. The summed E-state index contributed by atoms with van der Waals surface area (Å²) in [5.74, 6) is 0.573. The monoisotopic (exact) mass is 312 g/mol. The van der Waals surface area contributed by atoms with Crippen LogP contribution in [0.15, 0.2) is 22.7 Å². The lowest BCUT2D eigenvalue weighted by Gasteiger charge is -2.22. The fraction of sp³-hybridized carbons (Fsp3) is 0.385. The van der Waals surface area contributed by atoms with E-state index in [1.165, 1.54) is 28.4 Å². The highest BCUT2D eigenvalue weighted by Gasteiger charge is 2.20. The van der Waals surface area contributed by atoms with E-state index in [2.05, 4.69) is 26.2 Å². The van der Waals surface area contributed by atoms with Crippen LogP contribution in [-0.4, -0.2) is 18.1 Å². The van der Waals surface area contributed by atoms with Crippen molar-refractivity contribution in [3.63, 3.8) is 0 Å². The zero-order chi connectivity index (χ0) is 11.8. The van der Waals surface area contributed by atoms with Gasteiger partial charge >= 0.3 is 0 Å². The summed E-state index contributed by atoms with van der Waals surface area (Å²) in [6.45, 7) is 2.19. The fourth-order valence-corrected chi connectivity index (χ4v) is 3.45. The average Bonchev–Trinajstić information content (AvgIpc) is 2.68. The Balaban J connectivity index is 2.07. The molecule has 2 N–H and O–H groups in total. The number of benzene rings is 1. The fourth-order valence-electron chi connectivity index (χ4n) is 2.53. The van der Waals surface area contributed by atoms with Gasteiger partial charge in [0.05, 0.1) is 0 Å². The second-order valence-electron chi connectivity index (χ2n) is 4.59. The standard InChI is InChI=1S/C13H14BrClN2/c14-12-10-6-9(15)3-4-11(10)17-13(12)8-2-1-5-16-7-8/h3-4,6,8,16-17H,1-2,5,7H2.